The van der Waals surface area contributed by atoms with Crippen molar-refractivity contribution in [1.29, 1.82) is 0 Å². The third-order valence-corrected chi connectivity index (χ3v) is 6.32. The molecule has 2 aromatic carbocycles. The first kappa shape index (κ1) is 19.5. The maximum Gasteiger partial charge on any atom is 0.254 e. The second-order valence-corrected chi connectivity index (χ2v) is 7.99. The van der Waals surface area contributed by atoms with Gasteiger partial charge in [0.15, 0.2) is 11.5 Å². The van der Waals surface area contributed by atoms with Gasteiger partial charge in [-0.3, -0.25) is 9.59 Å². The SMILES string of the molecule is COc1cccc(C=NN2C(=O)C3C4C=CC(C4)C3C2=O)c1OCc1ccccc1F. The number of halogens is 1. The number of allylic oxidation sites excluding steroid dienone is 2. The Morgan fingerprint density at radius 3 is 2.45 bits per heavy atom. The van der Waals surface area contributed by atoms with E-state index in [1.165, 1.54) is 19.4 Å². The lowest BCUT2D eigenvalue weighted by Crippen LogP contribution is -2.28. The number of hydrazone groups is 1. The zero-order valence-corrected chi connectivity index (χ0v) is 16.9. The van der Waals surface area contributed by atoms with Crippen molar-refractivity contribution in [3.05, 3.63) is 71.6 Å². The van der Waals surface area contributed by atoms with Crippen LogP contribution in [0, 0.1) is 29.5 Å². The number of carbonyl (C=O) groups is 2. The summed E-state index contributed by atoms with van der Waals surface area (Å²) in [5.74, 6) is -0.415. The van der Waals surface area contributed by atoms with Crippen molar-refractivity contribution >= 4 is 18.0 Å². The second-order valence-electron chi connectivity index (χ2n) is 7.99. The molecule has 1 aliphatic heterocycles. The molecule has 158 valence electrons. The number of benzene rings is 2. The molecular weight excluding hydrogens is 399 g/mol. The minimum atomic E-state index is -0.365. The Kier molecular flexibility index (Phi) is 4.81. The molecular formula is C24H21FN2O4. The van der Waals surface area contributed by atoms with E-state index >= 15 is 0 Å². The number of fused-ring (bicyclic) bond motifs is 5. The molecule has 4 atom stereocenters. The Bertz CT molecular complexity index is 1080. The normalized spacial score (nSPS) is 26.2. The zero-order chi connectivity index (χ0) is 21.5. The molecule has 7 heteroatoms. The Morgan fingerprint density at radius 2 is 1.77 bits per heavy atom. The number of rotatable bonds is 6. The molecule has 0 aromatic heterocycles. The third kappa shape index (κ3) is 3.21. The van der Waals surface area contributed by atoms with Crippen LogP contribution in [0.1, 0.15) is 17.5 Å². The van der Waals surface area contributed by atoms with E-state index in [0.29, 0.717) is 22.6 Å². The van der Waals surface area contributed by atoms with E-state index in [1.807, 2.05) is 12.2 Å². The van der Waals surface area contributed by atoms with Gasteiger partial charge in [0, 0.05) is 11.1 Å². The summed E-state index contributed by atoms with van der Waals surface area (Å²) in [5.41, 5.74) is 0.923. The van der Waals surface area contributed by atoms with Crippen molar-refractivity contribution in [2.75, 3.05) is 7.11 Å². The van der Waals surface area contributed by atoms with Gasteiger partial charge in [0.1, 0.15) is 12.4 Å². The summed E-state index contributed by atoms with van der Waals surface area (Å²) in [6.45, 7) is -0.00532. The van der Waals surface area contributed by atoms with Crippen molar-refractivity contribution in [2.45, 2.75) is 13.0 Å². The van der Waals surface area contributed by atoms with E-state index in [0.717, 1.165) is 11.4 Å². The van der Waals surface area contributed by atoms with Gasteiger partial charge in [-0.2, -0.15) is 10.1 Å². The number of carbonyl (C=O) groups excluding carboxylic acids is 2. The topological polar surface area (TPSA) is 68.2 Å². The van der Waals surface area contributed by atoms with Crippen LogP contribution in [0.4, 0.5) is 4.39 Å². The van der Waals surface area contributed by atoms with E-state index < -0.39 is 0 Å². The number of para-hydroxylation sites is 1. The Balaban J connectivity index is 1.39. The van der Waals surface area contributed by atoms with Crippen molar-refractivity contribution in [3.63, 3.8) is 0 Å². The molecule has 1 heterocycles. The zero-order valence-electron chi connectivity index (χ0n) is 16.9. The predicted molar refractivity (Wildman–Crippen MR) is 111 cm³/mol. The van der Waals surface area contributed by atoms with Gasteiger partial charge in [-0.1, -0.05) is 36.4 Å². The molecule has 0 radical (unpaired) electrons. The molecule has 2 amide bonds. The summed E-state index contributed by atoms with van der Waals surface area (Å²) < 4.78 is 25.2. The van der Waals surface area contributed by atoms with Crippen LogP contribution >= 0.6 is 0 Å². The molecule has 2 aromatic rings. The van der Waals surface area contributed by atoms with E-state index in [9.17, 15) is 14.0 Å². The highest BCUT2D eigenvalue weighted by atomic mass is 19.1. The number of ether oxygens (including phenoxy) is 2. The fourth-order valence-corrected chi connectivity index (χ4v) is 4.84. The smallest absolute Gasteiger partial charge is 0.254 e. The summed E-state index contributed by atoms with van der Waals surface area (Å²) in [4.78, 5) is 25.6. The molecule has 0 N–H and O–H groups in total. The second kappa shape index (κ2) is 7.65. The molecule has 6 nitrogen and oxygen atoms in total. The molecule has 1 saturated heterocycles. The average Bonchev–Trinajstić information content (AvgIpc) is 3.46. The first-order chi connectivity index (χ1) is 15.1. The number of amides is 2. The van der Waals surface area contributed by atoms with Crippen LogP contribution in [0.25, 0.3) is 0 Å². The minimum Gasteiger partial charge on any atom is -0.493 e. The van der Waals surface area contributed by atoms with Crippen LogP contribution in [0.3, 0.4) is 0 Å². The van der Waals surface area contributed by atoms with Crippen molar-refractivity contribution in [3.8, 4) is 11.5 Å². The molecule has 0 spiro atoms. The lowest BCUT2D eigenvalue weighted by atomic mass is 9.85. The number of imide groups is 1. The van der Waals surface area contributed by atoms with Gasteiger partial charge in [0.25, 0.3) is 11.8 Å². The Hall–Kier alpha value is -3.48. The fraction of sp³-hybridized carbons (Fsp3) is 0.292. The van der Waals surface area contributed by atoms with Crippen LogP contribution in [0.5, 0.6) is 11.5 Å². The van der Waals surface area contributed by atoms with E-state index in [4.69, 9.17) is 9.47 Å². The highest BCUT2D eigenvalue weighted by Crippen LogP contribution is 2.52. The maximum absolute atomic E-state index is 14.0. The molecule has 2 aliphatic carbocycles. The molecule has 5 rings (SSSR count). The third-order valence-electron chi connectivity index (χ3n) is 6.32. The van der Waals surface area contributed by atoms with Crippen molar-refractivity contribution in [2.24, 2.45) is 28.8 Å². The van der Waals surface area contributed by atoms with Gasteiger partial charge in [-0.15, -0.1) is 0 Å². The average molecular weight is 420 g/mol. The molecule has 1 saturated carbocycles. The van der Waals surface area contributed by atoms with Crippen LogP contribution < -0.4 is 9.47 Å². The maximum atomic E-state index is 14.0. The monoisotopic (exact) mass is 420 g/mol. The van der Waals surface area contributed by atoms with Crippen molar-refractivity contribution in [1.82, 2.24) is 5.01 Å². The highest BCUT2D eigenvalue weighted by Gasteiger charge is 2.59. The van der Waals surface area contributed by atoms with E-state index in [1.54, 1.807) is 36.4 Å². The van der Waals surface area contributed by atoms with E-state index in [2.05, 4.69) is 5.10 Å². The summed E-state index contributed by atoms with van der Waals surface area (Å²) >= 11 is 0. The lowest BCUT2D eigenvalue weighted by Gasteiger charge is -2.14. The highest BCUT2D eigenvalue weighted by molar-refractivity contribution is 6.07. The van der Waals surface area contributed by atoms with Crippen LogP contribution in [-0.2, 0) is 16.2 Å². The molecule has 2 bridgehead atoms. The lowest BCUT2D eigenvalue weighted by molar-refractivity contribution is -0.140. The van der Waals surface area contributed by atoms with Gasteiger partial charge in [0.2, 0.25) is 0 Å². The summed E-state index contributed by atoms with van der Waals surface area (Å²) in [7, 11) is 1.50. The standard InChI is InChI=1S/C24H21FN2O4/c1-30-19-8-4-6-16(22(19)31-13-17-5-2-3-7-18(17)25)12-26-27-23(28)20-14-9-10-15(11-14)21(20)24(27)29/h2-10,12,14-15,20-21H,11,13H2,1H3. The van der Waals surface area contributed by atoms with Gasteiger partial charge < -0.3 is 9.47 Å². The molecule has 3 aliphatic rings. The number of methoxy groups -OCH3 is 1. The Labute approximate surface area is 179 Å². The predicted octanol–water partition coefficient (Wildman–Crippen LogP) is 3.55. The van der Waals surface area contributed by atoms with Crippen LogP contribution in [-0.4, -0.2) is 30.1 Å². The number of hydrogen-bond acceptors (Lipinski definition) is 5. The number of nitrogens with zero attached hydrogens (tertiary/aromatic N) is 2. The quantitative estimate of drug-likeness (QED) is 0.407. The van der Waals surface area contributed by atoms with Gasteiger partial charge >= 0.3 is 0 Å². The van der Waals surface area contributed by atoms with Gasteiger partial charge in [-0.25, -0.2) is 4.39 Å². The van der Waals surface area contributed by atoms with E-state index in [-0.39, 0.29) is 47.9 Å². The van der Waals surface area contributed by atoms with Crippen molar-refractivity contribution < 1.29 is 23.5 Å². The summed E-state index contributed by atoms with van der Waals surface area (Å²) in [6.07, 6.45) is 6.38. The minimum absolute atomic E-state index is 0.00532. The van der Waals surface area contributed by atoms with Crippen LogP contribution in [0.15, 0.2) is 59.7 Å². The van der Waals surface area contributed by atoms with Gasteiger partial charge in [0.05, 0.1) is 25.2 Å². The molecule has 2 fully saturated rings. The largest absolute Gasteiger partial charge is 0.493 e. The van der Waals surface area contributed by atoms with Gasteiger partial charge in [-0.05, 0) is 36.5 Å². The first-order valence-electron chi connectivity index (χ1n) is 10.2. The summed E-state index contributed by atoms with van der Waals surface area (Å²) in [6, 6.07) is 11.6. The Morgan fingerprint density at radius 1 is 1.06 bits per heavy atom. The fourth-order valence-electron chi connectivity index (χ4n) is 4.84. The number of hydrogen-bond donors (Lipinski definition) is 0. The van der Waals surface area contributed by atoms with Crippen LogP contribution in [0.2, 0.25) is 0 Å². The molecule has 4 unspecified atom stereocenters. The first-order valence-corrected chi connectivity index (χ1v) is 10.2. The summed E-state index contributed by atoms with van der Waals surface area (Å²) in [5, 5.41) is 5.20. The molecule has 31 heavy (non-hydrogen) atoms.